The Kier molecular flexibility index (Phi) is 6.42. The molecule has 0 fully saturated rings. The van der Waals surface area contributed by atoms with Gasteiger partial charge in [0.1, 0.15) is 0 Å². The van der Waals surface area contributed by atoms with Crippen molar-refractivity contribution in [2.24, 2.45) is 0 Å². The molecule has 0 radical (unpaired) electrons. The lowest BCUT2D eigenvalue weighted by Crippen LogP contribution is -2.50. The molecule has 6 heteroatoms. The Morgan fingerprint density at radius 2 is 2.00 bits per heavy atom. The lowest BCUT2D eigenvalue weighted by molar-refractivity contribution is 0.0945. The van der Waals surface area contributed by atoms with Gasteiger partial charge in [-0.1, -0.05) is 49.8 Å². The van der Waals surface area contributed by atoms with Crippen molar-refractivity contribution in [2.45, 2.75) is 45.1 Å². The number of rotatable bonds is 7. The van der Waals surface area contributed by atoms with E-state index in [4.69, 9.17) is 4.74 Å². The molecule has 1 N–H and O–H groups in total. The fourth-order valence-electron chi connectivity index (χ4n) is 3.67. The molecule has 1 aromatic heterocycles. The van der Waals surface area contributed by atoms with E-state index in [9.17, 15) is 9.59 Å². The highest BCUT2D eigenvalue weighted by Gasteiger charge is 2.36. The van der Waals surface area contributed by atoms with E-state index in [2.05, 4.69) is 37.4 Å². The molecule has 0 saturated heterocycles. The van der Waals surface area contributed by atoms with Crippen LogP contribution in [-0.4, -0.2) is 24.2 Å². The van der Waals surface area contributed by atoms with E-state index < -0.39 is 0 Å². The first-order chi connectivity index (χ1) is 14.0. The van der Waals surface area contributed by atoms with Gasteiger partial charge in [0.15, 0.2) is 11.4 Å². The van der Waals surface area contributed by atoms with Gasteiger partial charge in [-0.3, -0.25) is 19.3 Å². The summed E-state index contributed by atoms with van der Waals surface area (Å²) in [4.78, 5) is 25.4. The van der Waals surface area contributed by atoms with Crippen molar-refractivity contribution in [3.8, 4) is 5.75 Å². The smallest absolute Gasteiger partial charge is 0.273 e. The lowest BCUT2D eigenvalue weighted by Gasteiger charge is -2.45. The third-order valence-electron chi connectivity index (χ3n) is 5.40. The number of allylic oxidation sites excluding steroid dienone is 1. The van der Waals surface area contributed by atoms with Crippen molar-refractivity contribution in [2.75, 3.05) is 18.7 Å². The number of pyridine rings is 1. The van der Waals surface area contributed by atoms with Crippen molar-refractivity contribution in [3.05, 3.63) is 76.4 Å². The van der Waals surface area contributed by atoms with Crippen molar-refractivity contribution >= 4 is 5.91 Å². The molecule has 6 nitrogen and oxygen atoms in total. The molecule has 0 saturated carbocycles. The van der Waals surface area contributed by atoms with Gasteiger partial charge < -0.3 is 10.1 Å². The number of aromatic nitrogens is 1. The van der Waals surface area contributed by atoms with E-state index >= 15 is 0 Å². The maximum atomic E-state index is 12.8. The number of unbranched alkanes of at least 4 members (excludes halogenated alkanes) is 1. The molecule has 2 heterocycles. The van der Waals surface area contributed by atoms with Gasteiger partial charge in [-0.25, -0.2) is 0 Å². The van der Waals surface area contributed by atoms with E-state index in [1.165, 1.54) is 6.07 Å². The van der Waals surface area contributed by atoms with Gasteiger partial charge in [-0.2, -0.15) is 0 Å². The molecule has 1 aliphatic rings. The first-order valence-corrected chi connectivity index (χ1v) is 10.1. The summed E-state index contributed by atoms with van der Waals surface area (Å²) in [5.41, 5.74) is 0.677. The van der Waals surface area contributed by atoms with Crippen LogP contribution < -0.4 is 20.5 Å². The minimum atomic E-state index is -0.380. The maximum Gasteiger partial charge on any atom is 0.273 e. The van der Waals surface area contributed by atoms with Gasteiger partial charge in [0.05, 0.1) is 12.1 Å². The number of benzene rings is 1. The second-order valence-electron chi connectivity index (χ2n) is 7.39. The average molecular weight is 396 g/mol. The summed E-state index contributed by atoms with van der Waals surface area (Å²) >= 11 is 0. The van der Waals surface area contributed by atoms with Gasteiger partial charge in [0.25, 0.3) is 5.91 Å². The van der Waals surface area contributed by atoms with Crippen LogP contribution in [0.15, 0.2) is 59.7 Å². The lowest BCUT2D eigenvalue weighted by atomic mass is 9.85. The van der Waals surface area contributed by atoms with Crippen LogP contribution in [0.4, 0.5) is 0 Å². The van der Waals surface area contributed by atoms with Gasteiger partial charge in [-0.05, 0) is 31.7 Å². The number of hydrogen-bond acceptors (Lipinski definition) is 4. The zero-order valence-electron chi connectivity index (χ0n) is 17.4. The minimum absolute atomic E-state index is 0.0923. The van der Waals surface area contributed by atoms with Crippen molar-refractivity contribution in [3.63, 3.8) is 0 Å². The number of hydrogen-bond donors (Lipinski definition) is 1. The van der Waals surface area contributed by atoms with Crippen LogP contribution in [0.25, 0.3) is 0 Å². The number of carbonyl (C=O) groups is 1. The summed E-state index contributed by atoms with van der Waals surface area (Å²) < 4.78 is 7.53. The number of amides is 1. The largest absolute Gasteiger partial charge is 0.487 e. The summed E-state index contributed by atoms with van der Waals surface area (Å²) in [6.07, 6.45) is 9.26. The summed E-state index contributed by atoms with van der Waals surface area (Å²) in [5, 5.41) is 4.67. The average Bonchev–Trinajstić information content (AvgIpc) is 2.75. The fraction of sp³-hybridized carbons (Fsp3) is 0.391. The Morgan fingerprint density at radius 1 is 1.24 bits per heavy atom. The van der Waals surface area contributed by atoms with E-state index in [1.807, 2.05) is 29.4 Å². The van der Waals surface area contributed by atoms with Crippen LogP contribution in [0, 0.1) is 0 Å². The van der Waals surface area contributed by atoms with Crippen molar-refractivity contribution in [1.29, 1.82) is 0 Å². The number of nitrogens with zero attached hydrogens (tertiary/aromatic N) is 2. The third kappa shape index (κ3) is 4.06. The Hall–Kier alpha value is -3.02. The van der Waals surface area contributed by atoms with Gasteiger partial charge >= 0.3 is 0 Å². The maximum absolute atomic E-state index is 12.8. The van der Waals surface area contributed by atoms with Crippen LogP contribution >= 0.6 is 0 Å². The van der Waals surface area contributed by atoms with Crippen molar-refractivity contribution in [1.82, 2.24) is 9.99 Å². The van der Waals surface area contributed by atoms with Crippen LogP contribution in [0.2, 0.25) is 0 Å². The Bertz CT molecular complexity index is 936. The van der Waals surface area contributed by atoms with Gasteiger partial charge in [0.2, 0.25) is 5.43 Å². The highest BCUT2D eigenvalue weighted by Crippen LogP contribution is 2.36. The molecule has 1 aromatic carbocycles. The summed E-state index contributed by atoms with van der Waals surface area (Å²) in [5.74, 6) is -0.265. The first kappa shape index (κ1) is 20.7. The number of ether oxygens (including phenoxy) is 1. The molecule has 1 aliphatic heterocycles. The Balaban J connectivity index is 2.16. The van der Waals surface area contributed by atoms with E-state index in [1.54, 1.807) is 17.9 Å². The topological polar surface area (TPSA) is 63.6 Å². The molecule has 3 rings (SSSR count). The zero-order chi connectivity index (χ0) is 20.9. The van der Waals surface area contributed by atoms with Crippen LogP contribution in [0.3, 0.4) is 0 Å². The van der Waals surface area contributed by atoms with E-state index in [0.29, 0.717) is 6.61 Å². The molecule has 154 valence electrons. The second-order valence-corrected chi connectivity index (χ2v) is 7.39. The molecular formula is C23H29N3O3. The predicted octanol–water partition coefficient (Wildman–Crippen LogP) is 3.55. The van der Waals surface area contributed by atoms with Crippen LogP contribution in [0.1, 0.15) is 55.6 Å². The molecule has 1 atom stereocenters. The molecule has 29 heavy (non-hydrogen) atoms. The number of carbonyl (C=O) groups excluding carboxylic acids is 1. The summed E-state index contributed by atoms with van der Waals surface area (Å²) in [7, 11) is 1.56. The molecule has 1 amide bonds. The zero-order valence-corrected chi connectivity index (χ0v) is 17.4. The standard InChI is InChI=1S/C23H29N3O3/c1-4-5-17-29-21-19(27)13-16-25(20(21)22(28)24-3)26-15-10-9-14-23(26,2)18-11-7-6-8-12-18/h6-8,10-13,15-16H,4-5,9,14,17H2,1-3H3,(H,24,28). The van der Waals surface area contributed by atoms with E-state index in [0.717, 1.165) is 31.2 Å². The normalized spacial score (nSPS) is 18.5. The minimum Gasteiger partial charge on any atom is -0.487 e. The van der Waals surface area contributed by atoms with Crippen LogP contribution in [0.5, 0.6) is 5.75 Å². The third-order valence-corrected chi connectivity index (χ3v) is 5.40. The SMILES string of the molecule is CCCCOc1c(C(=O)NC)n(N2C=CCCC2(C)c2ccccc2)ccc1=O. The fourth-order valence-corrected chi connectivity index (χ4v) is 3.67. The molecule has 0 bridgehead atoms. The highest BCUT2D eigenvalue weighted by atomic mass is 16.5. The summed E-state index contributed by atoms with van der Waals surface area (Å²) in [6, 6.07) is 11.7. The molecule has 2 aromatic rings. The monoisotopic (exact) mass is 395 g/mol. The van der Waals surface area contributed by atoms with Gasteiger partial charge in [-0.15, -0.1) is 0 Å². The molecule has 0 spiro atoms. The van der Waals surface area contributed by atoms with E-state index in [-0.39, 0.29) is 28.3 Å². The van der Waals surface area contributed by atoms with Crippen molar-refractivity contribution < 1.29 is 9.53 Å². The Labute approximate surface area is 171 Å². The predicted molar refractivity (Wildman–Crippen MR) is 115 cm³/mol. The number of nitrogens with one attached hydrogen (secondary N) is 1. The molecular weight excluding hydrogens is 366 g/mol. The highest BCUT2D eigenvalue weighted by molar-refractivity contribution is 5.95. The Morgan fingerprint density at radius 3 is 2.69 bits per heavy atom. The second kappa shape index (κ2) is 8.99. The van der Waals surface area contributed by atoms with Crippen LogP contribution in [-0.2, 0) is 5.54 Å². The van der Waals surface area contributed by atoms with Gasteiger partial charge in [0, 0.05) is 25.5 Å². The molecule has 0 aliphatic carbocycles. The summed E-state index contributed by atoms with van der Waals surface area (Å²) in [6.45, 7) is 4.59. The first-order valence-electron chi connectivity index (χ1n) is 10.1. The molecule has 1 unspecified atom stereocenters. The quantitative estimate of drug-likeness (QED) is 0.729.